The molecule has 2 rings (SSSR count). The van der Waals surface area contributed by atoms with Crippen LogP contribution in [-0.2, 0) is 0 Å². The van der Waals surface area contributed by atoms with Gasteiger partial charge in [-0.05, 0) is 25.5 Å². The van der Waals surface area contributed by atoms with Crippen LogP contribution in [0.15, 0.2) is 39.5 Å². The van der Waals surface area contributed by atoms with E-state index in [9.17, 15) is 9.59 Å². The molecule has 0 bridgehead atoms. The number of rotatable bonds is 4. The molecule has 0 saturated carbocycles. The fourth-order valence-corrected chi connectivity index (χ4v) is 2.03. The quantitative estimate of drug-likeness (QED) is 0.859. The first-order chi connectivity index (χ1) is 9.11. The molecule has 4 nitrogen and oxygen atoms in total. The third-order valence-corrected chi connectivity index (χ3v) is 2.99. The molecule has 0 radical (unpaired) electrons. The van der Waals surface area contributed by atoms with Gasteiger partial charge in [0.2, 0.25) is 0 Å². The standard InChI is InChI=1S/C15H17NO3/c1-3-6-10(2)16-14(17)12-9-11-7-4-5-8-13(11)19-15(12)18/h4-5,7-10H,3,6H2,1-2H3,(H,16,17). The fraction of sp³-hybridized carbons (Fsp3) is 0.333. The van der Waals surface area contributed by atoms with Crippen LogP contribution in [0, 0.1) is 0 Å². The molecular formula is C15H17NO3. The van der Waals surface area contributed by atoms with Gasteiger partial charge in [0.15, 0.2) is 0 Å². The minimum atomic E-state index is -0.597. The molecule has 1 unspecified atom stereocenters. The molecule has 1 N–H and O–H groups in total. The summed E-state index contributed by atoms with van der Waals surface area (Å²) in [5, 5.41) is 3.55. The molecule has 1 aromatic carbocycles. The van der Waals surface area contributed by atoms with Crippen molar-refractivity contribution in [1.82, 2.24) is 5.32 Å². The number of amides is 1. The van der Waals surface area contributed by atoms with Crippen LogP contribution in [0.5, 0.6) is 0 Å². The summed E-state index contributed by atoms with van der Waals surface area (Å²) in [6, 6.07) is 8.76. The Kier molecular flexibility index (Phi) is 4.00. The lowest BCUT2D eigenvalue weighted by atomic mass is 10.1. The van der Waals surface area contributed by atoms with E-state index < -0.39 is 5.63 Å². The average Bonchev–Trinajstić information content (AvgIpc) is 2.38. The molecular weight excluding hydrogens is 242 g/mol. The van der Waals surface area contributed by atoms with Crippen LogP contribution < -0.4 is 10.9 Å². The van der Waals surface area contributed by atoms with Gasteiger partial charge in [0.05, 0.1) is 0 Å². The lowest BCUT2D eigenvalue weighted by Gasteiger charge is -2.12. The predicted octanol–water partition coefficient (Wildman–Crippen LogP) is 2.71. The highest BCUT2D eigenvalue weighted by atomic mass is 16.4. The molecule has 4 heteroatoms. The number of nitrogens with one attached hydrogen (secondary N) is 1. The third kappa shape index (κ3) is 3.02. The maximum atomic E-state index is 12.0. The van der Waals surface area contributed by atoms with Gasteiger partial charge in [0.1, 0.15) is 11.1 Å². The number of para-hydroxylation sites is 1. The molecule has 1 aromatic heterocycles. The maximum absolute atomic E-state index is 12.0. The number of carbonyl (C=O) groups is 1. The van der Waals surface area contributed by atoms with Crippen molar-refractivity contribution in [3.05, 3.63) is 46.3 Å². The number of hydrogen-bond acceptors (Lipinski definition) is 3. The number of hydrogen-bond donors (Lipinski definition) is 1. The van der Waals surface area contributed by atoms with Gasteiger partial charge in [-0.3, -0.25) is 4.79 Å². The normalized spacial score (nSPS) is 12.3. The Morgan fingerprint density at radius 1 is 1.37 bits per heavy atom. The minimum absolute atomic E-state index is 0.0448. The predicted molar refractivity (Wildman–Crippen MR) is 74.3 cm³/mol. The highest BCUT2D eigenvalue weighted by molar-refractivity contribution is 5.96. The Morgan fingerprint density at radius 2 is 2.11 bits per heavy atom. The van der Waals surface area contributed by atoms with Crippen LogP contribution in [0.25, 0.3) is 11.0 Å². The summed E-state index contributed by atoms with van der Waals surface area (Å²) in [7, 11) is 0. The van der Waals surface area contributed by atoms with Crippen molar-refractivity contribution in [1.29, 1.82) is 0 Å². The van der Waals surface area contributed by atoms with E-state index in [4.69, 9.17) is 4.42 Å². The third-order valence-electron chi connectivity index (χ3n) is 2.99. The second-order valence-corrected chi connectivity index (χ2v) is 4.65. The number of carbonyl (C=O) groups excluding carboxylic acids is 1. The molecule has 0 spiro atoms. The van der Waals surface area contributed by atoms with E-state index in [0.717, 1.165) is 18.2 Å². The molecule has 0 aliphatic carbocycles. The molecule has 0 fully saturated rings. The van der Waals surface area contributed by atoms with E-state index in [1.807, 2.05) is 26.0 Å². The van der Waals surface area contributed by atoms with E-state index in [1.165, 1.54) is 0 Å². The molecule has 1 amide bonds. The maximum Gasteiger partial charge on any atom is 0.349 e. The van der Waals surface area contributed by atoms with Crippen molar-refractivity contribution in [3.8, 4) is 0 Å². The van der Waals surface area contributed by atoms with Crippen LogP contribution in [0.3, 0.4) is 0 Å². The Labute approximate surface area is 111 Å². The van der Waals surface area contributed by atoms with E-state index in [2.05, 4.69) is 5.32 Å². The first-order valence-corrected chi connectivity index (χ1v) is 6.45. The zero-order chi connectivity index (χ0) is 13.8. The van der Waals surface area contributed by atoms with Gasteiger partial charge in [-0.2, -0.15) is 0 Å². The van der Waals surface area contributed by atoms with Crippen molar-refractivity contribution in [2.75, 3.05) is 0 Å². The smallest absolute Gasteiger partial charge is 0.349 e. The summed E-state index contributed by atoms with van der Waals surface area (Å²) in [4.78, 5) is 23.8. The Morgan fingerprint density at radius 3 is 2.84 bits per heavy atom. The second-order valence-electron chi connectivity index (χ2n) is 4.65. The van der Waals surface area contributed by atoms with Crippen molar-refractivity contribution < 1.29 is 9.21 Å². The summed E-state index contributed by atoms with van der Waals surface area (Å²) in [5.74, 6) is -0.375. The molecule has 1 heterocycles. The van der Waals surface area contributed by atoms with Gasteiger partial charge >= 0.3 is 5.63 Å². The van der Waals surface area contributed by atoms with Crippen LogP contribution in [0.1, 0.15) is 37.0 Å². The summed E-state index contributed by atoms with van der Waals surface area (Å²) in [6.07, 6.45) is 1.86. The Hall–Kier alpha value is -2.10. The largest absolute Gasteiger partial charge is 0.422 e. The highest BCUT2D eigenvalue weighted by Gasteiger charge is 2.15. The fourth-order valence-electron chi connectivity index (χ4n) is 2.03. The highest BCUT2D eigenvalue weighted by Crippen LogP contribution is 2.12. The van der Waals surface area contributed by atoms with E-state index in [-0.39, 0.29) is 17.5 Å². The Bertz CT molecular complexity index is 645. The van der Waals surface area contributed by atoms with Crippen LogP contribution in [0.2, 0.25) is 0 Å². The van der Waals surface area contributed by atoms with Gasteiger partial charge in [-0.25, -0.2) is 4.79 Å². The monoisotopic (exact) mass is 259 g/mol. The van der Waals surface area contributed by atoms with E-state index in [1.54, 1.807) is 18.2 Å². The summed E-state index contributed by atoms with van der Waals surface area (Å²) in [5.41, 5.74) is -0.0489. The van der Waals surface area contributed by atoms with Gasteiger partial charge in [-0.1, -0.05) is 31.5 Å². The summed E-state index contributed by atoms with van der Waals surface area (Å²) < 4.78 is 5.14. The van der Waals surface area contributed by atoms with Gasteiger partial charge in [0.25, 0.3) is 5.91 Å². The van der Waals surface area contributed by atoms with Crippen molar-refractivity contribution >= 4 is 16.9 Å². The van der Waals surface area contributed by atoms with Crippen molar-refractivity contribution in [2.45, 2.75) is 32.7 Å². The van der Waals surface area contributed by atoms with Crippen LogP contribution in [-0.4, -0.2) is 11.9 Å². The number of fused-ring (bicyclic) bond motifs is 1. The first-order valence-electron chi connectivity index (χ1n) is 6.45. The number of benzene rings is 1. The van der Waals surface area contributed by atoms with Crippen molar-refractivity contribution in [2.24, 2.45) is 0 Å². The lowest BCUT2D eigenvalue weighted by molar-refractivity contribution is 0.0935. The minimum Gasteiger partial charge on any atom is -0.422 e. The molecule has 0 aliphatic rings. The first kappa shape index (κ1) is 13.3. The van der Waals surface area contributed by atoms with Gasteiger partial charge < -0.3 is 9.73 Å². The molecule has 19 heavy (non-hydrogen) atoms. The second kappa shape index (κ2) is 5.69. The van der Waals surface area contributed by atoms with E-state index >= 15 is 0 Å². The SMILES string of the molecule is CCCC(C)NC(=O)c1cc2ccccc2oc1=O. The van der Waals surface area contributed by atoms with Crippen LogP contribution in [0.4, 0.5) is 0 Å². The molecule has 1 atom stereocenters. The van der Waals surface area contributed by atoms with E-state index in [0.29, 0.717) is 5.58 Å². The Balaban J connectivity index is 2.31. The molecule has 2 aromatic rings. The van der Waals surface area contributed by atoms with Gasteiger partial charge in [0, 0.05) is 11.4 Å². The summed E-state index contributed by atoms with van der Waals surface area (Å²) >= 11 is 0. The molecule has 0 aliphatic heterocycles. The molecule has 0 saturated heterocycles. The zero-order valence-electron chi connectivity index (χ0n) is 11.1. The van der Waals surface area contributed by atoms with Gasteiger partial charge in [-0.15, -0.1) is 0 Å². The van der Waals surface area contributed by atoms with Crippen molar-refractivity contribution in [3.63, 3.8) is 0 Å². The molecule has 100 valence electrons. The topological polar surface area (TPSA) is 59.3 Å². The summed E-state index contributed by atoms with van der Waals surface area (Å²) in [6.45, 7) is 3.97. The average molecular weight is 259 g/mol. The zero-order valence-corrected chi connectivity index (χ0v) is 11.1. The van der Waals surface area contributed by atoms with Crippen LogP contribution >= 0.6 is 0 Å². The lowest BCUT2D eigenvalue weighted by Crippen LogP contribution is -2.35.